The average Bonchev–Trinajstić information content (AvgIpc) is 2.82. The quantitative estimate of drug-likeness (QED) is 0.830. The van der Waals surface area contributed by atoms with Gasteiger partial charge in [0, 0.05) is 37.3 Å². The molecule has 0 radical (unpaired) electrons. The van der Waals surface area contributed by atoms with Crippen LogP contribution in [0.2, 0.25) is 0 Å². The van der Waals surface area contributed by atoms with E-state index < -0.39 is 0 Å². The summed E-state index contributed by atoms with van der Waals surface area (Å²) >= 11 is 0. The van der Waals surface area contributed by atoms with Gasteiger partial charge in [0.15, 0.2) is 0 Å². The summed E-state index contributed by atoms with van der Waals surface area (Å²) in [6.07, 6.45) is 10.8. The van der Waals surface area contributed by atoms with E-state index in [2.05, 4.69) is 34.2 Å². The smallest absolute Gasteiger partial charge is 0.0667 e. The maximum atomic E-state index is 4.43. The number of aromatic amines is 1. The van der Waals surface area contributed by atoms with Gasteiger partial charge in [-0.15, -0.1) is 0 Å². The summed E-state index contributed by atoms with van der Waals surface area (Å²) in [6.45, 7) is 5.76. The first-order chi connectivity index (χ1) is 8.86. The molecule has 1 aromatic rings. The predicted molar refractivity (Wildman–Crippen MR) is 73.4 cm³/mol. The highest BCUT2D eigenvalue weighted by Crippen LogP contribution is 2.24. The van der Waals surface area contributed by atoms with Crippen LogP contribution in [0.25, 0.3) is 0 Å². The molecular formula is C15H23N3. The normalized spacial score (nSPS) is 24.2. The Kier molecular flexibility index (Phi) is 3.50. The van der Waals surface area contributed by atoms with Crippen LogP contribution in [-0.4, -0.2) is 28.2 Å². The zero-order chi connectivity index (χ0) is 12.4. The van der Waals surface area contributed by atoms with Crippen molar-refractivity contribution in [2.75, 3.05) is 13.1 Å². The van der Waals surface area contributed by atoms with Crippen LogP contribution in [0.1, 0.15) is 43.1 Å². The zero-order valence-corrected chi connectivity index (χ0v) is 11.3. The van der Waals surface area contributed by atoms with Crippen molar-refractivity contribution >= 4 is 0 Å². The van der Waals surface area contributed by atoms with Crippen molar-refractivity contribution in [3.63, 3.8) is 0 Å². The number of aromatic nitrogens is 2. The van der Waals surface area contributed by atoms with Crippen molar-refractivity contribution in [3.05, 3.63) is 29.1 Å². The molecule has 3 heteroatoms. The summed E-state index contributed by atoms with van der Waals surface area (Å²) in [5, 5.41) is 7.65. The first kappa shape index (κ1) is 12.0. The number of rotatable bonds is 3. The maximum Gasteiger partial charge on any atom is 0.0667 e. The second-order valence-corrected chi connectivity index (χ2v) is 5.62. The van der Waals surface area contributed by atoms with Crippen LogP contribution in [0.15, 0.2) is 12.2 Å². The van der Waals surface area contributed by atoms with Gasteiger partial charge in [-0.05, 0) is 31.6 Å². The third-order valence-electron chi connectivity index (χ3n) is 4.33. The van der Waals surface area contributed by atoms with E-state index in [0.717, 1.165) is 25.3 Å². The molecule has 1 aliphatic carbocycles. The zero-order valence-electron chi connectivity index (χ0n) is 11.3. The van der Waals surface area contributed by atoms with E-state index in [1.165, 1.54) is 49.3 Å². The lowest BCUT2D eigenvalue weighted by Gasteiger charge is -2.31. The molecule has 3 nitrogen and oxygen atoms in total. The Balaban J connectivity index is 1.64. The standard InChI is InChI=1S/C15H23N3/c1-2-14-13-11-18(9-8-15(13)17-16-14)10-12-6-4-3-5-7-12/h3-4,12H,2,5-11H2,1H3,(H,16,17). The van der Waals surface area contributed by atoms with Gasteiger partial charge >= 0.3 is 0 Å². The van der Waals surface area contributed by atoms with E-state index in [-0.39, 0.29) is 0 Å². The van der Waals surface area contributed by atoms with Gasteiger partial charge in [-0.25, -0.2) is 0 Å². The molecule has 1 N–H and O–H groups in total. The van der Waals surface area contributed by atoms with Crippen molar-refractivity contribution in [2.24, 2.45) is 5.92 Å². The fourth-order valence-corrected chi connectivity index (χ4v) is 3.25. The van der Waals surface area contributed by atoms with Crippen LogP contribution >= 0.6 is 0 Å². The summed E-state index contributed by atoms with van der Waals surface area (Å²) < 4.78 is 0. The van der Waals surface area contributed by atoms with Crippen molar-refractivity contribution in [1.82, 2.24) is 15.1 Å². The number of allylic oxidation sites excluding steroid dienone is 2. The Morgan fingerprint density at radius 2 is 2.39 bits per heavy atom. The third-order valence-corrected chi connectivity index (χ3v) is 4.33. The average molecular weight is 245 g/mol. The highest BCUT2D eigenvalue weighted by atomic mass is 15.2. The highest BCUT2D eigenvalue weighted by Gasteiger charge is 2.23. The molecule has 98 valence electrons. The Bertz CT molecular complexity index is 419. The molecule has 0 aromatic carbocycles. The van der Waals surface area contributed by atoms with Crippen molar-refractivity contribution in [3.8, 4) is 0 Å². The molecule has 0 bridgehead atoms. The summed E-state index contributed by atoms with van der Waals surface area (Å²) in [6, 6.07) is 0. The molecule has 0 fully saturated rings. The van der Waals surface area contributed by atoms with Crippen molar-refractivity contribution in [1.29, 1.82) is 0 Å². The van der Waals surface area contributed by atoms with E-state index in [1.54, 1.807) is 0 Å². The van der Waals surface area contributed by atoms with Crippen LogP contribution in [-0.2, 0) is 19.4 Å². The lowest BCUT2D eigenvalue weighted by atomic mass is 9.93. The molecule has 1 unspecified atom stereocenters. The van der Waals surface area contributed by atoms with E-state index in [4.69, 9.17) is 0 Å². The first-order valence-corrected chi connectivity index (χ1v) is 7.29. The van der Waals surface area contributed by atoms with Crippen LogP contribution in [0, 0.1) is 5.92 Å². The lowest BCUT2D eigenvalue weighted by Crippen LogP contribution is -2.35. The van der Waals surface area contributed by atoms with Gasteiger partial charge in [-0.1, -0.05) is 19.1 Å². The minimum atomic E-state index is 0.869. The molecule has 1 aromatic heterocycles. The largest absolute Gasteiger partial charge is 0.298 e. The molecule has 0 saturated carbocycles. The molecule has 2 heterocycles. The summed E-state index contributed by atoms with van der Waals surface area (Å²) in [5.41, 5.74) is 4.14. The van der Waals surface area contributed by atoms with Gasteiger partial charge in [-0.2, -0.15) is 5.10 Å². The Morgan fingerprint density at radius 1 is 1.44 bits per heavy atom. The van der Waals surface area contributed by atoms with E-state index >= 15 is 0 Å². The Labute approximate surface area is 109 Å². The topological polar surface area (TPSA) is 31.9 Å². The molecular weight excluding hydrogens is 222 g/mol. The number of aryl methyl sites for hydroxylation is 1. The molecule has 0 spiro atoms. The maximum absolute atomic E-state index is 4.43. The number of hydrogen-bond donors (Lipinski definition) is 1. The van der Waals surface area contributed by atoms with Crippen LogP contribution in [0.3, 0.4) is 0 Å². The number of nitrogens with zero attached hydrogens (tertiary/aromatic N) is 2. The molecule has 18 heavy (non-hydrogen) atoms. The summed E-state index contributed by atoms with van der Waals surface area (Å²) in [4.78, 5) is 2.63. The number of H-pyrrole nitrogens is 1. The van der Waals surface area contributed by atoms with E-state index in [0.29, 0.717) is 0 Å². The molecule has 0 amide bonds. The van der Waals surface area contributed by atoms with Gasteiger partial charge in [0.1, 0.15) is 0 Å². The molecule has 3 rings (SSSR count). The Hall–Kier alpha value is -1.09. The number of nitrogens with one attached hydrogen (secondary N) is 1. The van der Waals surface area contributed by atoms with Gasteiger partial charge in [0.25, 0.3) is 0 Å². The molecule has 0 saturated heterocycles. The van der Waals surface area contributed by atoms with Crippen molar-refractivity contribution < 1.29 is 0 Å². The second-order valence-electron chi connectivity index (χ2n) is 5.62. The number of hydrogen-bond acceptors (Lipinski definition) is 2. The molecule has 1 atom stereocenters. The Morgan fingerprint density at radius 3 is 3.17 bits per heavy atom. The van der Waals surface area contributed by atoms with Crippen molar-refractivity contribution in [2.45, 2.75) is 45.6 Å². The van der Waals surface area contributed by atoms with E-state index in [1.807, 2.05) is 0 Å². The fraction of sp³-hybridized carbons (Fsp3) is 0.667. The minimum Gasteiger partial charge on any atom is -0.298 e. The van der Waals surface area contributed by atoms with Gasteiger partial charge in [-0.3, -0.25) is 10.00 Å². The molecule has 1 aliphatic heterocycles. The summed E-state index contributed by atoms with van der Waals surface area (Å²) in [7, 11) is 0. The van der Waals surface area contributed by atoms with Gasteiger partial charge < -0.3 is 0 Å². The van der Waals surface area contributed by atoms with Gasteiger partial charge in [0.2, 0.25) is 0 Å². The lowest BCUT2D eigenvalue weighted by molar-refractivity contribution is 0.205. The fourth-order valence-electron chi connectivity index (χ4n) is 3.25. The van der Waals surface area contributed by atoms with E-state index in [9.17, 15) is 0 Å². The monoisotopic (exact) mass is 245 g/mol. The predicted octanol–water partition coefficient (Wildman–Crippen LogP) is 2.69. The highest BCUT2D eigenvalue weighted by molar-refractivity contribution is 5.27. The van der Waals surface area contributed by atoms with Gasteiger partial charge in [0.05, 0.1) is 5.69 Å². The molecule has 2 aliphatic rings. The minimum absolute atomic E-state index is 0.869. The summed E-state index contributed by atoms with van der Waals surface area (Å²) in [5.74, 6) is 0.869. The first-order valence-electron chi connectivity index (χ1n) is 7.29. The second kappa shape index (κ2) is 5.27. The van der Waals surface area contributed by atoms with Crippen LogP contribution < -0.4 is 0 Å². The number of fused-ring (bicyclic) bond motifs is 1. The third kappa shape index (κ3) is 2.37. The van der Waals surface area contributed by atoms with Crippen LogP contribution in [0.4, 0.5) is 0 Å². The SMILES string of the molecule is CCc1n[nH]c2c1CN(CC1CC=CCC1)CC2. The van der Waals surface area contributed by atoms with Crippen LogP contribution in [0.5, 0.6) is 0 Å².